The molecule has 0 aliphatic rings. The molecule has 1 heterocycles. The Morgan fingerprint density at radius 1 is 0.355 bits per heavy atom. The van der Waals surface area contributed by atoms with Crippen LogP contribution in [0, 0.1) is 0 Å². The number of hydrogen-bond donors (Lipinski definition) is 0. The third kappa shape index (κ3) is 7.09. The Hall–Kier alpha value is -6.74. The van der Waals surface area contributed by atoms with Gasteiger partial charge in [0.25, 0.3) is 0 Å². The zero-order chi connectivity index (χ0) is 42.6. The third-order valence-electron chi connectivity index (χ3n) is 12.4. The number of fused-ring (bicyclic) bond motifs is 4. The average Bonchev–Trinajstić information content (AvgIpc) is 3.68. The highest BCUT2D eigenvalue weighted by molar-refractivity contribution is 7.26. The van der Waals surface area contributed by atoms with Gasteiger partial charge in [0, 0.05) is 42.4 Å². The van der Waals surface area contributed by atoms with E-state index >= 15 is 0 Å². The van der Waals surface area contributed by atoms with E-state index in [2.05, 4.69) is 247 Å². The maximum atomic E-state index is 2.55. The fraction of sp³-hybridized carbons (Fsp3) is 0.133. The molecular formula is C60H51NS. The maximum absolute atomic E-state index is 2.55. The molecule has 0 amide bonds. The van der Waals surface area contributed by atoms with Crippen LogP contribution < -0.4 is 4.90 Å². The van der Waals surface area contributed by atoms with Crippen molar-refractivity contribution >= 4 is 59.3 Å². The van der Waals surface area contributed by atoms with Crippen molar-refractivity contribution in [3.05, 3.63) is 211 Å². The predicted molar refractivity (Wildman–Crippen MR) is 271 cm³/mol. The zero-order valence-electron chi connectivity index (χ0n) is 36.4. The van der Waals surface area contributed by atoms with Crippen LogP contribution in [0.1, 0.15) is 52.7 Å². The van der Waals surface area contributed by atoms with Gasteiger partial charge in [-0.3, -0.25) is 0 Å². The molecule has 10 rings (SSSR count). The quantitative estimate of drug-likeness (QED) is 0.155. The van der Waals surface area contributed by atoms with Gasteiger partial charge in [-0.05, 0) is 79.2 Å². The van der Waals surface area contributed by atoms with Crippen LogP contribution in [0.2, 0.25) is 0 Å². The number of rotatable bonds is 7. The van der Waals surface area contributed by atoms with E-state index in [1.807, 2.05) is 11.3 Å². The second kappa shape index (κ2) is 15.6. The van der Waals surface area contributed by atoms with Crippen LogP contribution in [-0.4, -0.2) is 0 Å². The van der Waals surface area contributed by atoms with Gasteiger partial charge in [0.15, 0.2) is 0 Å². The number of nitrogens with zero attached hydrogens (tertiary/aromatic N) is 1. The largest absolute Gasteiger partial charge is 0.309 e. The first kappa shape index (κ1) is 39.4. The van der Waals surface area contributed by atoms with E-state index in [1.165, 1.54) is 86.6 Å². The fourth-order valence-electron chi connectivity index (χ4n) is 9.13. The van der Waals surface area contributed by atoms with E-state index < -0.39 is 0 Å². The Morgan fingerprint density at radius 2 is 0.823 bits per heavy atom. The molecule has 0 N–H and O–H groups in total. The standard InChI is InChI=1S/C60H51NS/c1-59(2,3)43-37-42(38-44(39-43)60(4,5)6)45-25-10-14-33-53(45)61(55-35-16-12-27-48(55)51-31-20-32-52-49-28-13-17-36-56(49)62-58(51)52)54-34-15-11-26-47(54)50-30-19-24-41-23-18-29-46(57(41)50)40-21-8-7-9-22-40/h7-39H,1-6H3. The lowest BCUT2D eigenvalue weighted by molar-refractivity contribution is 0.569. The van der Waals surface area contributed by atoms with E-state index in [9.17, 15) is 0 Å². The molecule has 10 aromatic rings. The van der Waals surface area contributed by atoms with Crippen molar-refractivity contribution in [3.63, 3.8) is 0 Å². The summed E-state index contributed by atoms with van der Waals surface area (Å²) in [7, 11) is 0. The molecular weight excluding hydrogens is 767 g/mol. The summed E-state index contributed by atoms with van der Waals surface area (Å²) in [5.41, 5.74) is 15.6. The lowest BCUT2D eigenvalue weighted by Gasteiger charge is -2.32. The van der Waals surface area contributed by atoms with E-state index in [0.29, 0.717) is 0 Å². The predicted octanol–water partition coefficient (Wildman–Crippen LogP) is 17.9. The Bertz CT molecular complexity index is 3230. The van der Waals surface area contributed by atoms with Crippen molar-refractivity contribution in [2.45, 2.75) is 52.4 Å². The summed E-state index contributed by atoms with van der Waals surface area (Å²) >= 11 is 1.89. The van der Waals surface area contributed by atoms with Gasteiger partial charge < -0.3 is 4.90 Å². The number of thiophene rings is 1. The lowest BCUT2D eigenvalue weighted by atomic mass is 9.78. The van der Waals surface area contributed by atoms with E-state index in [1.54, 1.807) is 0 Å². The van der Waals surface area contributed by atoms with Gasteiger partial charge in [0.1, 0.15) is 0 Å². The van der Waals surface area contributed by atoms with Crippen LogP contribution in [0.15, 0.2) is 200 Å². The normalized spacial score (nSPS) is 12.0. The molecule has 1 nitrogen and oxygen atoms in total. The van der Waals surface area contributed by atoms with Gasteiger partial charge in [0.05, 0.1) is 17.1 Å². The Kier molecular flexibility index (Phi) is 9.93. The van der Waals surface area contributed by atoms with Crippen LogP contribution in [0.25, 0.3) is 75.5 Å². The summed E-state index contributed by atoms with van der Waals surface area (Å²) in [6, 6.07) is 74.3. The maximum Gasteiger partial charge on any atom is 0.0541 e. The molecule has 0 aliphatic carbocycles. The first-order chi connectivity index (χ1) is 30.0. The number of benzene rings is 9. The Labute approximate surface area is 370 Å². The lowest BCUT2D eigenvalue weighted by Crippen LogP contribution is -2.17. The van der Waals surface area contributed by atoms with Crippen molar-refractivity contribution in [2.24, 2.45) is 0 Å². The van der Waals surface area contributed by atoms with Crippen molar-refractivity contribution in [2.75, 3.05) is 4.90 Å². The van der Waals surface area contributed by atoms with Gasteiger partial charge in [0.2, 0.25) is 0 Å². The van der Waals surface area contributed by atoms with Crippen molar-refractivity contribution in [3.8, 4) is 44.5 Å². The van der Waals surface area contributed by atoms with E-state index in [4.69, 9.17) is 0 Å². The Morgan fingerprint density at radius 3 is 1.47 bits per heavy atom. The van der Waals surface area contributed by atoms with E-state index in [-0.39, 0.29) is 10.8 Å². The molecule has 0 saturated heterocycles. The smallest absolute Gasteiger partial charge is 0.0541 e. The summed E-state index contributed by atoms with van der Waals surface area (Å²) in [6.45, 7) is 14.0. The molecule has 2 heteroatoms. The van der Waals surface area contributed by atoms with Crippen LogP contribution in [-0.2, 0) is 10.8 Å². The molecule has 62 heavy (non-hydrogen) atoms. The zero-order valence-corrected chi connectivity index (χ0v) is 37.2. The van der Waals surface area contributed by atoms with Crippen LogP contribution in [0.5, 0.6) is 0 Å². The van der Waals surface area contributed by atoms with Crippen molar-refractivity contribution < 1.29 is 0 Å². The second-order valence-corrected chi connectivity index (χ2v) is 19.6. The molecule has 302 valence electrons. The number of para-hydroxylation sites is 3. The summed E-state index contributed by atoms with van der Waals surface area (Å²) in [5, 5.41) is 5.06. The summed E-state index contributed by atoms with van der Waals surface area (Å²) < 4.78 is 2.61. The molecule has 0 spiro atoms. The summed E-state index contributed by atoms with van der Waals surface area (Å²) in [4.78, 5) is 2.55. The minimum atomic E-state index is -0.0302. The van der Waals surface area contributed by atoms with Gasteiger partial charge in [-0.15, -0.1) is 11.3 Å². The average molecular weight is 818 g/mol. The highest BCUT2D eigenvalue weighted by Gasteiger charge is 2.27. The molecule has 0 atom stereocenters. The van der Waals surface area contributed by atoms with Crippen LogP contribution in [0.3, 0.4) is 0 Å². The summed E-state index contributed by atoms with van der Waals surface area (Å²) in [5.74, 6) is 0. The minimum Gasteiger partial charge on any atom is -0.309 e. The fourth-order valence-corrected chi connectivity index (χ4v) is 10.4. The van der Waals surface area contributed by atoms with Crippen molar-refractivity contribution in [1.82, 2.24) is 0 Å². The summed E-state index contributed by atoms with van der Waals surface area (Å²) in [6.07, 6.45) is 0. The van der Waals surface area contributed by atoms with Crippen LogP contribution >= 0.6 is 11.3 Å². The molecule has 9 aromatic carbocycles. The molecule has 0 unspecified atom stereocenters. The first-order valence-electron chi connectivity index (χ1n) is 21.8. The molecule has 0 saturated carbocycles. The van der Waals surface area contributed by atoms with Gasteiger partial charge in [-0.2, -0.15) is 0 Å². The molecule has 0 radical (unpaired) electrons. The molecule has 0 fully saturated rings. The SMILES string of the molecule is CC(C)(C)c1cc(-c2ccccc2N(c2ccccc2-c2cccc3c2sc2ccccc23)c2ccccc2-c2cccc3cccc(-c4ccccc4)c23)cc(C(C)(C)C)c1. The Balaban J connectivity index is 1.29. The highest BCUT2D eigenvalue weighted by atomic mass is 32.1. The molecule has 0 bridgehead atoms. The van der Waals surface area contributed by atoms with Gasteiger partial charge in [-0.1, -0.05) is 217 Å². The topological polar surface area (TPSA) is 3.24 Å². The van der Waals surface area contributed by atoms with Crippen molar-refractivity contribution in [1.29, 1.82) is 0 Å². The molecule has 1 aromatic heterocycles. The monoisotopic (exact) mass is 817 g/mol. The number of anilines is 3. The minimum absolute atomic E-state index is 0.0302. The second-order valence-electron chi connectivity index (χ2n) is 18.5. The third-order valence-corrected chi connectivity index (χ3v) is 13.6. The van der Waals surface area contributed by atoms with Crippen LogP contribution in [0.4, 0.5) is 17.1 Å². The highest BCUT2D eigenvalue weighted by Crippen LogP contribution is 2.51. The van der Waals surface area contributed by atoms with E-state index in [0.717, 1.165) is 17.1 Å². The first-order valence-corrected chi connectivity index (χ1v) is 22.6. The van der Waals surface area contributed by atoms with Gasteiger partial charge in [-0.25, -0.2) is 0 Å². The van der Waals surface area contributed by atoms with Gasteiger partial charge >= 0.3 is 0 Å². The number of hydrogen-bond acceptors (Lipinski definition) is 2. The molecule has 0 aliphatic heterocycles.